The van der Waals surface area contributed by atoms with Gasteiger partial charge in [0.25, 0.3) is 0 Å². The van der Waals surface area contributed by atoms with Gasteiger partial charge in [0.2, 0.25) is 11.8 Å². The van der Waals surface area contributed by atoms with Crippen LogP contribution in [0.25, 0.3) is 22.0 Å². The summed E-state index contributed by atoms with van der Waals surface area (Å²) in [6.45, 7) is 1.16. The second kappa shape index (κ2) is 12.9. The zero-order valence-corrected chi connectivity index (χ0v) is 24.3. The highest BCUT2D eigenvalue weighted by molar-refractivity contribution is 6.00. The van der Waals surface area contributed by atoms with E-state index in [2.05, 4.69) is 10.1 Å². The molecule has 4 heterocycles. The first kappa shape index (κ1) is 30.6. The zero-order chi connectivity index (χ0) is 31.6. The summed E-state index contributed by atoms with van der Waals surface area (Å²) in [6, 6.07) is 16.3. The Morgan fingerprint density at radius 2 is 1.80 bits per heavy atom. The normalized spacial score (nSPS) is 19.8. The Balaban J connectivity index is 1.43. The van der Waals surface area contributed by atoms with E-state index in [1.165, 1.54) is 21.8 Å². The maximum Gasteiger partial charge on any atom is 0.407 e. The first-order chi connectivity index (χ1) is 21.7. The van der Waals surface area contributed by atoms with Gasteiger partial charge in [-0.1, -0.05) is 36.4 Å². The fraction of sp³-hybridized carbons (Fsp3) is 0.364. The van der Waals surface area contributed by atoms with Crippen LogP contribution in [-0.4, -0.2) is 62.8 Å². The van der Waals surface area contributed by atoms with Crippen LogP contribution in [0.1, 0.15) is 61.4 Å². The molecule has 1 N–H and O–H groups in total. The number of amides is 1. The smallest absolute Gasteiger partial charge is 0.407 e. The first-order valence-corrected chi connectivity index (χ1v) is 14.9. The molecule has 236 valence electrons. The van der Waals surface area contributed by atoms with Gasteiger partial charge in [-0.25, -0.2) is 14.5 Å². The Hall–Kier alpha value is -4.45. The van der Waals surface area contributed by atoms with Gasteiger partial charge in [-0.2, -0.15) is 17.6 Å². The molecule has 2 aliphatic heterocycles. The minimum Gasteiger partial charge on any atom is -0.472 e. The monoisotopic (exact) mass is 624 g/mol. The number of likely N-dealkylation sites (tertiary alicyclic amines) is 1. The molecule has 2 aromatic carbocycles. The number of fused-ring (bicyclic) bond motifs is 1. The Bertz CT molecular complexity index is 1680. The van der Waals surface area contributed by atoms with Gasteiger partial charge in [-0.15, -0.1) is 5.10 Å². The van der Waals surface area contributed by atoms with Crippen LogP contribution < -0.4 is 4.74 Å². The number of hydrogen-bond donors (Lipinski definition) is 1. The molecule has 2 aliphatic rings. The van der Waals surface area contributed by atoms with Crippen molar-refractivity contribution in [3.05, 3.63) is 89.5 Å². The number of piperidine rings is 1. The Morgan fingerprint density at radius 1 is 1.00 bits per heavy atom. The van der Waals surface area contributed by atoms with Crippen LogP contribution in [-0.2, 0) is 4.74 Å². The number of allylic oxidation sites excluding steroid dienone is 1. The summed E-state index contributed by atoms with van der Waals surface area (Å²) in [6.07, 6.45) is -2.37. The lowest BCUT2D eigenvalue weighted by Crippen LogP contribution is -2.43. The van der Waals surface area contributed by atoms with Gasteiger partial charge in [-0.3, -0.25) is 0 Å². The summed E-state index contributed by atoms with van der Waals surface area (Å²) in [5.74, 6) is -0.509. The molecule has 2 saturated heterocycles. The van der Waals surface area contributed by atoms with Crippen molar-refractivity contribution in [2.24, 2.45) is 0 Å². The summed E-state index contributed by atoms with van der Waals surface area (Å²) in [5, 5.41) is 13.6. The number of carbonyl (C=O) groups is 1. The van der Waals surface area contributed by atoms with E-state index in [1.54, 1.807) is 54.6 Å². The molecular weight excluding hydrogens is 592 g/mol. The van der Waals surface area contributed by atoms with E-state index in [1.807, 2.05) is 0 Å². The molecule has 0 aliphatic carbocycles. The molecule has 12 heteroatoms. The lowest BCUT2D eigenvalue weighted by atomic mass is 9.88. The summed E-state index contributed by atoms with van der Waals surface area (Å²) in [4.78, 5) is 17.1. The van der Waals surface area contributed by atoms with E-state index in [9.17, 15) is 23.1 Å². The van der Waals surface area contributed by atoms with Crippen LogP contribution in [0.4, 0.5) is 22.4 Å². The van der Waals surface area contributed by atoms with Crippen LogP contribution in [0.15, 0.2) is 66.9 Å². The molecular formula is C33H32F4N4O4. The summed E-state index contributed by atoms with van der Waals surface area (Å²) < 4.78 is 70.9. The van der Waals surface area contributed by atoms with E-state index >= 15 is 4.39 Å². The molecule has 0 saturated carbocycles. The van der Waals surface area contributed by atoms with Crippen LogP contribution in [0.5, 0.6) is 5.88 Å². The van der Waals surface area contributed by atoms with Crippen molar-refractivity contribution in [2.75, 3.05) is 19.7 Å². The largest absolute Gasteiger partial charge is 0.472 e. The van der Waals surface area contributed by atoms with Gasteiger partial charge in [0.15, 0.2) is 6.23 Å². The van der Waals surface area contributed by atoms with Gasteiger partial charge in [0.05, 0.1) is 23.9 Å². The Kier molecular flexibility index (Phi) is 8.75. The number of hydrogen-bond acceptors (Lipinski definition) is 5. The number of nitrogens with zero attached hydrogens (tertiary/aromatic N) is 4. The lowest BCUT2D eigenvalue weighted by molar-refractivity contribution is -0.122. The van der Waals surface area contributed by atoms with Crippen molar-refractivity contribution in [3.8, 4) is 5.88 Å². The molecule has 4 aromatic rings. The molecule has 0 spiro atoms. The second-order valence-electron chi connectivity index (χ2n) is 11.3. The topological polar surface area (TPSA) is 89.7 Å². The third kappa shape index (κ3) is 6.95. The number of alkyl halides is 3. The molecule has 0 radical (unpaired) electrons. The molecule has 8 nitrogen and oxygen atoms in total. The maximum atomic E-state index is 15.3. The minimum absolute atomic E-state index is 0.00529. The fourth-order valence-electron chi connectivity index (χ4n) is 6.06. The Morgan fingerprint density at radius 3 is 2.49 bits per heavy atom. The van der Waals surface area contributed by atoms with E-state index in [-0.39, 0.29) is 29.0 Å². The molecule has 45 heavy (non-hydrogen) atoms. The van der Waals surface area contributed by atoms with Crippen molar-refractivity contribution in [1.29, 1.82) is 0 Å². The highest BCUT2D eigenvalue weighted by Crippen LogP contribution is 2.40. The van der Waals surface area contributed by atoms with Crippen molar-refractivity contribution < 1.29 is 36.9 Å². The van der Waals surface area contributed by atoms with Crippen LogP contribution in [0.2, 0.25) is 0 Å². The van der Waals surface area contributed by atoms with Crippen molar-refractivity contribution in [1.82, 2.24) is 19.7 Å². The average Bonchev–Trinajstić information content (AvgIpc) is 3.37. The second-order valence-corrected chi connectivity index (χ2v) is 11.3. The molecule has 2 atom stereocenters. The van der Waals surface area contributed by atoms with E-state index in [4.69, 9.17) is 9.47 Å². The fourth-order valence-corrected chi connectivity index (χ4v) is 6.06. The van der Waals surface area contributed by atoms with E-state index in [0.29, 0.717) is 54.6 Å². The van der Waals surface area contributed by atoms with Crippen molar-refractivity contribution in [3.63, 3.8) is 0 Å². The zero-order valence-electron chi connectivity index (χ0n) is 24.3. The number of rotatable bonds is 7. The quantitative estimate of drug-likeness (QED) is 0.167. The summed E-state index contributed by atoms with van der Waals surface area (Å²) >= 11 is 0. The van der Waals surface area contributed by atoms with Crippen molar-refractivity contribution in [2.45, 2.75) is 57.0 Å². The van der Waals surface area contributed by atoms with E-state index < -0.39 is 37.0 Å². The standard InChI is InChI=1S/C33H32F4N4O4/c34-31-25-17-22(11-13-27(25)41(39-31)29-10-4-5-16-44-29)30(26(18-33(35,36)37)21-7-2-1-3-8-21)23-12-14-28(38-19-23)45-24-9-6-15-40(20-24)32(42)43/h1-3,7-8,11-14,17,19,24,29H,4-6,9-10,15-16,18,20H2,(H,42,43)/b30-26-/t24-,29?/m0/s1. The SMILES string of the molecule is O=C(O)N1CCC[C@H](Oc2ccc(/C(=C(/CC(F)(F)F)c3ccccc3)c3ccc4c(c3)c(F)nn4C3CCCCO3)cn2)C1. The minimum atomic E-state index is -4.54. The highest BCUT2D eigenvalue weighted by Gasteiger charge is 2.32. The van der Waals surface area contributed by atoms with Crippen LogP contribution >= 0.6 is 0 Å². The number of ether oxygens (including phenoxy) is 2. The predicted octanol–water partition coefficient (Wildman–Crippen LogP) is 7.70. The number of benzene rings is 2. The van der Waals surface area contributed by atoms with Gasteiger partial charge in [0, 0.05) is 31.0 Å². The number of halogens is 4. The van der Waals surface area contributed by atoms with E-state index in [0.717, 1.165) is 12.8 Å². The highest BCUT2D eigenvalue weighted by atomic mass is 19.4. The van der Waals surface area contributed by atoms with Crippen LogP contribution in [0, 0.1) is 5.95 Å². The molecule has 1 amide bonds. The predicted molar refractivity (Wildman–Crippen MR) is 159 cm³/mol. The molecule has 2 aromatic heterocycles. The number of aromatic nitrogens is 3. The van der Waals surface area contributed by atoms with Crippen molar-refractivity contribution >= 4 is 28.1 Å². The summed E-state index contributed by atoms with van der Waals surface area (Å²) in [7, 11) is 0. The average molecular weight is 625 g/mol. The van der Waals surface area contributed by atoms with Crippen LogP contribution in [0.3, 0.4) is 0 Å². The summed E-state index contributed by atoms with van der Waals surface area (Å²) in [5.41, 5.74) is 1.86. The number of carboxylic acid groups (broad SMARTS) is 1. The van der Waals surface area contributed by atoms with Gasteiger partial charge in [0.1, 0.15) is 6.10 Å². The number of pyridine rings is 1. The lowest BCUT2D eigenvalue weighted by Gasteiger charge is -2.30. The Labute approximate surface area is 256 Å². The van der Waals surface area contributed by atoms with Gasteiger partial charge >= 0.3 is 12.3 Å². The molecule has 6 rings (SSSR count). The third-order valence-corrected chi connectivity index (χ3v) is 8.14. The third-order valence-electron chi connectivity index (χ3n) is 8.14. The molecule has 1 unspecified atom stereocenters. The molecule has 2 fully saturated rings. The van der Waals surface area contributed by atoms with Gasteiger partial charge < -0.3 is 19.5 Å². The maximum absolute atomic E-state index is 15.3. The first-order valence-electron chi connectivity index (χ1n) is 14.9. The molecule has 0 bridgehead atoms. The van der Waals surface area contributed by atoms with Gasteiger partial charge in [-0.05, 0) is 72.6 Å².